The van der Waals surface area contributed by atoms with E-state index < -0.39 is 6.04 Å². The van der Waals surface area contributed by atoms with Gasteiger partial charge in [0.1, 0.15) is 6.04 Å². The Balaban J connectivity index is 1.67. The molecule has 7 heteroatoms. The van der Waals surface area contributed by atoms with Gasteiger partial charge in [-0.25, -0.2) is 0 Å². The maximum Gasteiger partial charge on any atom is 0.323 e. The molecule has 2 aromatic carbocycles. The molecular weight excluding hydrogens is 394 g/mol. The van der Waals surface area contributed by atoms with E-state index in [0.717, 1.165) is 40.8 Å². The summed E-state index contributed by atoms with van der Waals surface area (Å²) in [4.78, 5) is 23.7. The fourth-order valence-corrected chi connectivity index (χ4v) is 3.05. The van der Waals surface area contributed by atoms with Gasteiger partial charge in [-0.1, -0.05) is 48.5 Å². The molecular formula is C23H31N3O3Si. The zero-order chi connectivity index (χ0) is 21.8. The lowest BCUT2D eigenvalue weighted by molar-refractivity contribution is -0.146. The average Bonchev–Trinajstić information content (AvgIpc) is 2.73. The molecule has 0 fully saturated rings. The summed E-state index contributed by atoms with van der Waals surface area (Å²) in [6.45, 7) is 1.85. The second-order valence-corrected chi connectivity index (χ2v) is 9.01. The number of hydrogen-bond donors (Lipinski definition) is 3. The number of aryl methyl sites for hydroxylation is 1. The minimum Gasteiger partial charge on any atom is -0.466 e. The molecule has 0 spiro atoms. The summed E-state index contributed by atoms with van der Waals surface area (Å²) in [6, 6.07) is 17.0. The average molecular weight is 426 g/mol. The van der Waals surface area contributed by atoms with Crippen LogP contribution in [0.1, 0.15) is 30.9 Å². The molecule has 1 amide bonds. The number of unbranched alkanes of at least 4 members (excludes halogenated alkanes) is 1. The van der Waals surface area contributed by atoms with E-state index in [4.69, 9.17) is 10.5 Å². The second-order valence-electron chi connectivity index (χ2n) is 7.39. The van der Waals surface area contributed by atoms with Crippen molar-refractivity contribution in [1.29, 1.82) is 0 Å². The van der Waals surface area contributed by atoms with E-state index in [0.29, 0.717) is 6.42 Å². The van der Waals surface area contributed by atoms with E-state index in [-0.39, 0.29) is 17.6 Å². The van der Waals surface area contributed by atoms with Crippen LogP contribution in [-0.4, -0.2) is 33.9 Å². The number of ether oxygens (including phenoxy) is 1. The van der Waals surface area contributed by atoms with Gasteiger partial charge in [-0.05, 0) is 55.9 Å². The Bertz CT molecular complexity index is 823. The maximum absolute atomic E-state index is 11.9. The van der Waals surface area contributed by atoms with Gasteiger partial charge in [-0.2, -0.15) is 0 Å². The Morgan fingerprint density at radius 1 is 1.10 bits per heavy atom. The smallest absolute Gasteiger partial charge is 0.323 e. The Morgan fingerprint density at radius 2 is 1.80 bits per heavy atom. The Hall–Kier alpha value is -2.90. The number of carbonyl (C=O) groups is 2. The van der Waals surface area contributed by atoms with Gasteiger partial charge in [0, 0.05) is 6.08 Å². The number of nitrogens with one attached hydrogen (secondary N) is 2. The van der Waals surface area contributed by atoms with Crippen LogP contribution in [0.15, 0.2) is 66.7 Å². The number of anilines is 1. The highest BCUT2D eigenvalue weighted by molar-refractivity contribution is 6.11. The molecule has 30 heavy (non-hydrogen) atoms. The van der Waals surface area contributed by atoms with Crippen LogP contribution >= 0.6 is 0 Å². The van der Waals surface area contributed by atoms with Crippen LogP contribution in [-0.2, 0) is 27.2 Å². The number of hydrogen-bond acceptors (Lipinski definition) is 5. The Labute approximate surface area is 181 Å². The molecule has 0 saturated carbocycles. The van der Waals surface area contributed by atoms with Crippen molar-refractivity contribution in [3.05, 3.63) is 77.9 Å². The summed E-state index contributed by atoms with van der Waals surface area (Å²) in [6.07, 6.45) is 6.66. The fourth-order valence-electron chi connectivity index (χ4n) is 2.82. The third kappa shape index (κ3) is 9.06. The molecule has 0 bridgehead atoms. The molecule has 0 saturated heterocycles. The lowest BCUT2D eigenvalue weighted by atomic mass is 10.1. The predicted molar refractivity (Wildman–Crippen MR) is 124 cm³/mol. The predicted octanol–water partition coefficient (Wildman–Crippen LogP) is 1.83. The van der Waals surface area contributed by atoms with Crippen molar-refractivity contribution in [3.63, 3.8) is 0 Å². The summed E-state index contributed by atoms with van der Waals surface area (Å²) in [5.41, 5.74) is 14.3. The van der Waals surface area contributed by atoms with Crippen LogP contribution in [0.25, 0.3) is 0 Å². The fraction of sp³-hybridized carbons (Fsp3) is 0.304. The van der Waals surface area contributed by atoms with E-state index in [1.165, 1.54) is 11.6 Å². The summed E-state index contributed by atoms with van der Waals surface area (Å²) in [7, 11) is 0.781. The Morgan fingerprint density at radius 3 is 2.47 bits per heavy atom. The second kappa shape index (κ2) is 12.6. The maximum atomic E-state index is 11.9. The number of allylic oxidation sites excluding steroid dienone is 1. The molecule has 2 aromatic rings. The number of rotatable bonds is 11. The number of amides is 1. The third-order valence-corrected chi connectivity index (χ3v) is 4.58. The lowest BCUT2D eigenvalue weighted by Crippen LogP contribution is -2.36. The van der Waals surface area contributed by atoms with E-state index >= 15 is 0 Å². The van der Waals surface area contributed by atoms with Crippen LogP contribution in [0.4, 0.5) is 5.69 Å². The van der Waals surface area contributed by atoms with Crippen molar-refractivity contribution in [1.82, 2.24) is 5.43 Å². The molecule has 4 N–H and O–H groups in total. The Kier molecular flexibility index (Phi) is 9.83. The minimum absolute atomic E-state index is 0.0448. The number of carbonyl (C=O) groups excluding carboxylic acids is 2. The molecule has 160 valence electrons. The SMILES string of the molecule is C[C@H]([SiH3])OC(=O)[C@@H](N)Cc1ccc(NNC(=O)/C=C/CCCc2ccccc2)cc1. The van der Waals surface area contributed by atoms with E-state index in [2.05, 4.69) is 23.0 Å². The van der Waals surface area contributed by atoms with Gasteiger partial charge in [-0.15, -0.1) is 0 Å². The first kappa shape index (κ1) is 23.4. The normalized spacial score (nSPS) is 13.0. The van der Waals surface area contributed by atoms with Crippen molar-refractivity contribution in [2.45, 2.75) is 44.4 Å². The first-order valence-electron chi connectivity index (χ1n) is 10.3. The zero-order valence-corrected chi connectivity index (χ0v) is 19.6. The lowest BCUT2D eigenvalue weighted by Gasteiger charge is -2.14. The van der Waals surface area contributed by atoms with E-state index in [9.17, 15) is 9.59 Å². The van der Waals surface area contributed by atoms with Crippen molar-refractivity contribution in [2.75, 3.05) is 5.43 Å². The molecule has 0 unspecified atom stereocenters. The van der Waals surface area contributed by atoms with Crippen LogP contribution in [0.2, 0.25) is 0 Å². The number of nitrogens with two attached hydrogens (primary N) is 1. The summed E-state index contributed by atoms with van der Waals surface area (Å²) in [5.74, 6) is -0.580. The first-order chi connectivity index (χ1) is 14.4. The standard InChI is InChI=1S/C23H31N3O3Si/c1-17(30)29-23(28)21(24)16-19-12-14-20(15-13-19)25-26-22(27)11-7-3-6-10-18-8-4-2-5-9-18/h2,4-5,7-9,11-15,17,21,25H,3,6,10,16,24H2,1,30H3,(H,26,27)/b11-7+/t17-,21-/m0/s1. The third-order valence-electron chi connectivity index (χ3n) is 4.34. The molecule has 2 atom stereocenters. The van der Waals surface area contributed by atoms with Gasteiger partial charge in [0.15, 0.2) is 0 Å². The first-order valence-corrected chi connectivity index (χ1v) is 11.4. The van der Waals surface area contributed by atoms with Crippen LogP contribution < -0.4 is 16.6 Å². The topological polar surface area (TPSA) is 93.4 Å². The highest BCUT2D eigenvalue weighted by atomic mass is 28.1. The number of hydrazine groups is 1. The van der Waals surface area contributed by atoms with Gasteiger partial charge in [-0.3, -0.25) is 20.4 Å². The van der Waals surface area contributed by atoms with Crippen molar-refractivity contribution in [2.24, 2.45) is 5.73 Å². The number of benzene rings is 2. The molecule has 0 aliphatic rings. The van der Waals surface area contributed by atoms with Crippen molar-refractivity contribution in [3.8, 4) is 0 Å². The van der Waals surface area contributed by atoms with E-state index in [1.807, 2.05) is 55.5 Å². The van der Waals surface area contributed by atoms with Crippen molar-refractivity contribution >= 4 is 27.8 Å². The van der Waals surface area contributed by atoms with Gasteiger partial charge >= 0.3 is 5.97 Å². The summed E-state index contributed by atoms with van der Waals surface area (Å²) in [5, 5.41) is 0. The zero-order valence-electron chi connectivity index (χ0n) is 17.6. The van der Waals surface area contributed by atoms with Crippen molar-refractivity contribution < 1.29 is 14.3 Å². The minimum atomic E-state index is -0.674. The van der Waals surface area contributed by atoms with Gasteiger partial charge in [0.05, 0.1) is 21.7 Å². The summed E-state index contributed by atoms with van der Waals surface area (Å²) >= 11 is 0. The summed E-state index contributed by atoms with van der Waals surface area (Å²) < 4.78 is 5.17. The molecule has 2 rings (SSSR count). The van der Waals surface area contributed by atoms with Crippen LogP contribution in [0, 0.1) is 0 Å². The van der Waals surface area contributed by atoms with E-state index in [1.54, 1.807) is 0 Å². The van der Waals surface area contributed by atoms with Crippen LogP contribution in [0.5, 0.6) is 0 Å². The molecule has 0 aliphatic heterocycles. The van der Waals surface area contributed by atoms with Gasteiger partial charge in [0.2, 0.25) is 0 Å². The molecule has 0 heterocycles. The van der Waals surface area contributed by atoms with Gasteiger partial charge < -0.3 is 10.5 Å². The molecule has 0 aliphatic carbocycles. The quantitative estimate of drug-likeness (QED) is 0.168. The largest absolute Gasteiger partial charge is 0.466 e. The number of esters is 1. The van der Waals surface area contributed by atoms with Gasteiger partial charge in [0.25, 0.3) is 5.91 Å². The monoisotopic (exact) mass is 425 g/mol. The highest BCUT2D eigenvalue weighted by Gasteiger charge is 2.16. The van der Waals surface area contributed by atoms with Crippen LogP contribution in [0.3, 0.4) is 0 Å². The molecule has 6 nitrogen and oxygen atoms in total. The molecule has 0 aromatic heterocycles. The molecule has 0 radical (unpaired) electrons. The highest BCUT2D eigenvalue weighted by Crippen LogP contribution is 2.11.